The summed E-state index contributed by atoms with van der Waals surface area (Å²) in [5.74, 6) is -0.144. The highest BCUT2D eigenvalue weighted by Crippen LogP contribution is 2.28. The smallest absolute Gasteiger partial charge is 0.256 e. The van der Waals surface area contributed by atoms with Gasteiger partial charge in [0.25, 0.3) is 5.91 Å². The second kappa shape index (κ2) is 7.15. The Balaban J connectivity index is 1.93. The molecule has 0 saturated carbocycles. The van der Waals surface area contributed by atoms with Crippen molar-refractivity contribution in [3.05, 3.63) is 87.0 Å². The van der Waals surface area contributed by atoms with Gasteiger partial charge in [-0.25, -0.2) is 0 Å². The summed E-state index contributed by atoms with van der Waals surface area (Å²) < 4.78 is 0.824. The number of amides is 1. The summed E-state index contributed by atoms with van der Waals surface area (Å²) in [4.78, 5) is 12.6. The standard InChI is InChI=1S/C19H13ClINO/c20-14-10-11-16(17(21)12-14)19(23)22-18-9-5-4-8-15(18)13-6-2-1-3-7-13/h1-12H,(H,22,23). The van der Waals surface area contributed by atoms with E-state index in [4.69, 9.17) is 11.6 Å². The minimum Gasteiger partial charge on any atom is -0.321 e. The molecule has 23 heavy (non-hydrogen) atoms. The molecule has 0 radical (unpaired) electrons. The zero-order valence-electron chi connectivity index (χ0n) is 12.1. The Bertz CT molecular complexity index is 849. The van der Waals surface area contributed by atoms with E-state index in [0.717, 1.165) is 20.4 Å². The number of para-hydroxylation sites is 1. The van der Waals surface area contributed by atoms with Crippen LogP contribution < -0.4 is 5.32 Å². The van der Waals surface area contributed by atoms with Crippen LogP contribution in [0.1, 0.15) is 10.4 Å². The van der Waals surface area contributed by atoms with Crippen molar-refractivity contribution in [1.82, 2.24) is 0 Å². The second-order valence-electron chi connectivity index (χ2n) is 4.99. The molecule has 0 unspecified atom stereocenters. The van der Waals surface area contributed by atoms with Crippen LogP contribution in [0.2, 0.25) is 5.02 Å². The van der Waals surface area contributed by atoms with E-state index in [-0.39, 0.29) is 5.91 Å². The van der Waals surface area contributed by atoms with Crippen molar-refractivity contribution >= 4 is 45.8 Å². The fourth-order valence-corrected chi connectivity index (χ4v) is 3.44. The molecule has 1 N–H and O–H groups in total. The van der Waals surface area contributed by atoms with E-state index in [1.54, 1.807) is 18.2 Å². The highest BCUT2D eigenvalue weighted by molar-refractivity contribution is 14.1. The molecule has 4 heteroatoms. The summed E-state index contributed by atoms with van der Waals surface area (Å²) in [6.45, 7) is 0. The number of rotatable bonds is 3. The first-order valence-corrected chi connectivity index (χ1v) is 8.51. The van der Waals surface area contributed by atoms with Crippen LogP contribution in [-0.4, -0.2) is 5.91 Å². The van der Waals surface area contributed by atoms with E-state index in [0.29, 0.717) is 10.6 Å². The molecule has 1 amide bonds. The zero-order valence-corrected chi connectivity index (χ0v) is 15.0. The van der Waals surface area contributed by atoms with Crippen LogP contribution in [0.4, 0.5) is 5.69 Å². The number of anilines is 1. The molecule has 2 nitrogen and oxygen atoms in total. The third kappa shape index (κ3) is 3.74. The van der Waals surface area contributed by atoms with Crippen LogP contribution in [0.3, 0.4) is 0 Å². The molecular weight excluding hydrogens is 421 g/mol. The maximum atomic E-state index is 12.6. The molecule has 0 spiro atoms. The van der Waals surface area contributed by atoms with Crippen LogP contribution in [-0.2, 0) is 0 Å². The monoisotopic (exact) mass is 433 g/mol. The molecule has 0 atom stereocenters. The number of hydrogen-bond donors (Lipinski definition) is 1. The fraction of sp³-hybridized carbons (Fsp3) is 0. The molecule has 3 aromatic carbocycles. The van der Waals surface area contributed by atoms with Gasteiger partial charge in [-0.2, -0.15) is 0 Å². The number of hydrogen-bond acceptors (Lipinski definition) is 1. The van der Waals surface area contributed by atoms with Crippen molar-refractivity contribution in [2.45, 2.75) is 0 Å². The topological polar surface area (TPSA) is 29.1 Å². The lowest BCUT2D eigenvalue weighted by molar-refractivity contribution is 0.102. The van der Waals surface area contributed by atoms with Crippen molar-refractivity contribution < 1.29 is 4.79 Å². The van der Waals surface area contributed by atoms with E-state index in [2.05, 4.69) is 27.9 Å². The lowest BCUT2D eigenvalue weighted by Gasteiger charge is -2.12. The molecule has 0 aromatic heterocycles. The Morgan fingerprint density at radius 1 is 0.913 bits per heavy atom. The van der Waals surface area contributed by atoms with Crippen LogP contribution >= 0.6 is 34.2 Å². The molecule has 0 aliphatic heterocycles. The highest BCUT2D eigenvalue weighted by atomic mass is 127. The fourth-order valence-electron chi connectivity index (χ4n) is 2.32. The minimum atomic E-state index is -0.144. The summed E-state index contributed by atoms with van der Waals surface area (Å²) in [5, 5.41) is 3.62. The summed E-state index contributed by atoms with van der Waals surface area (Å²) >= 11 is 8.07. The highest BCUT2D eigenvalue weighted by Gasteiger charge is 2.13. The van der Waals surface area contributed by atoms with E-state index in [1.165, 1.54) is 0 Å². The van der Waals surface area contributed by atoms with Gasteiger partial charge in [-0.05, 0) is 52.4 Å². The average molecular weight is 434 g/mol. The molecule has 0 saturated heterocycles. The van der Waals surface area contributed by atoms with Gasteiger partial charge in [-0.3, -0.25) is 4.79 Å². The SMILES string of the molecule is O=C(Nc1ccccc1-c1ccccc1)c1ccc(Cl)cc1I. The largest absolute Gasteiger partial charge is 0.321 e. The molecule has 3 rings (SSSR count). The van der Waals surface area contributed by atoms with E-state index in [9.17, 15) is 4.79 Å². The third-order valence-corrected chi connectivity index (χ3v) is 4.56. The van der Waals surface area contributed by atoms with Crippen LogP contribution in [0, 0.1) is 3.57 Å². The minimum absolute atomic E-state index is 0.144. The van der Waals surface area contributed by atoms with E-state index in [1.807, 2.05) is 54.6 Å². The first kappa shape index (κ1) is 16.0. The molecule has 0 fully saturated rings. The second-order valence-corrected chi connectivity index (χ2v) is 6.59. The summed E-state index contributed by atoms with van der Waals surface area (Å²) in [6, 6.07) is 23.0. The summed E-state index contributed by atoms with van der Waals surface area (Å²) in [6.07, 6.45) is 0. The number of nitrogens with one attached hydrogen (secondary N) is 1. The zero-order chi connectivity index (χ0) is 16.2. The Morgan fingerprint density at radius 2 is 1.61 bits per heavy atom. The number of halogens is 2. The first-order valence-electron chi connectivity index (χ1n) is 7.06. The normalized spacial score (nSPS) is 10.3. The van der Waals surface area contributed by atoms with E-state index < -0.39 is 0 Å². The summed E-state index contributed by atoms with van der Waals surface area (Å²) in [7, 11) is 0. The molecule has 114 valence electrons. The molecule has 0 aliphatic rings. The maximum Gasteiger partial charge on any atom is 0.256 e. The average Bonchev–Trinajstić information content (AvgIpc) is 2.56. The van der Waals surface area contributed by atoms with Gasteiger partial charge in [-0.1, -0.05) is 60.1 Å². The Morgan fingerprint density at radius 3 is 2.35 bits per heavy atom. The number of carbonyl (C=O) groups excluding carboxylic acids is 1. The van der Waals surface area contributed by atoms with Gasteiger partial charge in [0.05, 0.1) is 5.56 Å². The molecule has 0 aliphatic carbocycles. The van der Waals surface area contributed by atoms with Crippen LogP contribution in [0.25, 0.3) is 11.1 Å². The number of carbonyl (C=O) groups is 1. The number of benzene rings is 3. The predicted octanol–water partition coefficient (Wildman–Crippen LogP) is 5.86. The molecular formula is C19H13ClINO. The van der Waals surface area contributed by atoms with Gasteiger partial charge in [0, 0.05) is 19.8 Å². The third-order valence-electron chi connectivity index (χ3n) is 3.44. The lowest BCUT2D eigenvalue weighted by atomic mass is 10.0. The van der Waals surface area contributed by atoms with Crippen molar-refractivity contribution in [2.24, 2.45) is 0 Å². The van der Waals surface area contributed by atoms with Crippen molar-refractivity contribution in [2.75, 3.05) is 5.32 Å². The first-order chi connectivity index (χ1) is 11.1. The maximum absolute atomic E-state index is 12.6. The van der Waals surface area contributed by atoms with Gasteiger partial charge in [-0.15, -0.1) is 0 Å². The van der Waals surface area contributed by atoms with E-state index >= 15 is 0 Å². The van der Waals surface area contributed by atoms with Crippen molar-refractivity contribution in [3.8, 4) is 11.1 Å². The lowest BCUT2D eigenvalue weighted by Crippen LogP contribution is -2.14. The quantitative estimate of drug-likeness (QED) is 0.515. The van der Waals surface area contributed by atoms with Crippen LogP contribution in [0.15, 0.2) is 72.8 Å². The Hall–Kier alpha value is -1.85. The van der Waals surface area contributed by atoms with Crippen LogP contribution in [0.5, 0.6) is 0 Å². The molecule has 0 bridgehead atoms. The van der Waals surface area contributed by atoms with Gasteiger partial charge >= 0.3 is 0 Å². The Labute approximate surface area is 153 Å². The van der Waals surface area contributed by atoms with Gasteiger partial charge < -0.3 is 5.32 Å². The molecule has 3 aromatic rings. The molecule has 0 heterocycles. The van der Waals surface area contributed by atoms with Gasteiger partial charge in [0.15, 0.2) is 0 Å². The predicted molar refractivity (Wildman–Crippen MR) is 104 cm³/mol. The Kier molecular flexibility index (Phi) is 4.98. The van der Waals surface area contributed by atoms with Gasteiger partial charge in [0.1, 0.15) is 0 Å². The van der Waals surface area contributed by atoms with Gasteiger partial charge in [0.2, 0.25) is 0 Å². The van der Waals surface area contributed by atoms with Crippen molar-refractivity contribution in [3.63, 3.8) is 0 Å². The summed E-state index contributed by atoms with van der Waals surface area (Å²) in [5.41, 5.74) is 3.45. The van der Waals surface area contributed by atoms with Crippen molar-refractivity contribution in [1.29, 1.82) is 0 Å².